The lowest BCUT2D eigenvalue weighted by molar-refractivity contribution is -0.124. The van der Waals surface area contributed by atoms with Gasteiger partial charge in [-0.25, -0.2) is 19.6 Å². The van der Waals surface area contributed by atoms with Gasteiger partial charge < -0.3 is 15.4 Å². The molecule has 0 unspecified atom stereocenters. The molecule has 1 saturated heterocycles. The number of thiazole rings is 1. The van der Waals surface area contributed by atoms with Gasteiger partial charge in [-0.05, 0) is 57.0 Å². The quantitative estimate of drug-likeness (QED) is 0.319. The minimum Gasteiger partial charge on any atom is -0.444 e. The molecule has 2 aromatic heterocycles. The predicted molar refractivity (Wildman–Crippen MR) is 161 cm³/mol. The molecule has 216 valence electrons. The average molecular weight is 598 g/mol. The Morgan fingerprint density at radius 1 is 1.17 bits per heavy atom. The highest BCUT2D eigenvalue weighted by Gasteiger charge is 2.38. The minimum absolute atomic E-state index is 0.0803. The Kier molecular flexibility index (Phi) is 8.93. The third-order valence-corrected chi connectivity index (χ3v) is 7.30. The molecule has 13 heteroatoms. The Bertz CT molecular complexity index is 1480. The number of primary amides is 1. The van der Waals surface area contributed by atoms with Crippen molar-refractivity contribution in [2.24, 2.45) is 10.7 Å². The minimum atomic E-state index is -1.03. The van der Waals surface area contributed by atoms with Gasteiger partial charge in [0.25, 0.3) is 0 Å². The first-order valence-electron chi connectivity index (χ1n) is 12.9. The van der Waals surface area contributed by atoms with Gasteiger partial charge in [0.15, 0.2) is 5.13 Å². The first-order valence-corrected chi connectivity index (χ1v) is 14.1. The number of hydrogen-bond donors (Lipinski definition) is 2. The molecule has 1 fully saturated rings. The Morgan fingerprint density at radius 2 is 1.93 bits per heavy atom. The number of amides is 4. The molecular formula is C28H32ClN7O4S. The summed E-state index contributed by atoms with van der Waals surface area (Å²) in [5.74, 6) is -0.729. The maximum atomic E-state index is 13.3. The lowest BCUT2D eigenvalue weighted by Crippen LogP contribution is -2.61. The lowest BCUT2D eigenvalue weighted by atomic mass is 10.0. The number of carbonyl (C=O) groups excluding carboxylic acids is 3. The molecule has 11 nitrogen and oxygen atoms in total. The molecule has 1 aliphatic heterocycles. The smallest absolute Gasteiger partial charge is 0.411 e. The summed E-state index contributed by atoms with van der Waals surface area (Å²) in [7, 11) is 1.70. The van der Waals surface area contributed by atoms with Gasteiger partial charge in [-0.15, -0.1) is 0 Å². The second kappa shape index (κ2) is 12.2. The van der Waals surface area contributed by atoms with E-state index in [2.05, 4.69) is 15.3 Å². The van der Waals surface area contributed by atoms with Gasteiger partial charge in [0.05, 0.1) is 17.1 Å². The molecule has 41 heavy (non-hydrogen) atoms. The number of nitrogens with two attached hydrogens (primary N) is 1. The molecule has 3 heterocycles. The van der Waals surface area contributed by atoms with Crippen LogP contribution in [0, 0.1) is 6.92 Å². The van der Waals surface area contributed by atoms with Crippen LogP contribution in [0.3, 0.4) is 0 Å². The molecule has 0 radical (unpaired) electrons. The number of carbonyl (C=O) groups is 3. The summed E-state index contributed by atoms with van der Waals surface area (Å²) >= 11 is 7.56. The average Bonchev–Trinajstić information content (AvgIpc) is 3.31. The van der Waals surface area contributed by atoms with Crippen LogP contribution in [0.2, 0.25) is 5.15 Å². The van der Waals surface area contributed by atoms with Gasteiger partial charge in [0.1, 0.15) is 16.8 Å². The maximum absolute atomic E-state index is 13.3. The molecule has 4 amide bonds. The SMILES string of the molecule is CN=Cc1cccc(-c2nc(NC(=O)N3CCN(C(=O)OC(C)(C)C)[C@@H](C(N)=O)C3)sc2-c2cc(C)nc(Cl)c2)c1. The van der Waals surface area contributed by atoms with Crippen molar-refractivity contribution in [3.63, 3.8) is 0 Å². The molecule has 0 saturated carbocycles. The number of benzene rings is 1. The van der Waals surface area contributed by atoms with Crippen LogP contribution < -0.4 is 11.1 Å². The molecule has 3 N–H and O–H groups in total. The number of nitrogens with one attached hydrogen (secondary N) is 1. The van der Waals surface area contributed by atoms with Crippen molar-refractivity contribution < 1.29 is 19.1 Å². The van der Waals surface area contributed by atoms with Crippen LogP contribution in [0.1, 0.15) is 32.0 Å². The first-order chi connectivity index (χ1) is 19.3. The van der Waals surface area contributed by atoms with Crippen molar-refractivity contribution in [3.8, 4) is 21.7 Å². The fourth-order valence-electron chi connectivity index (χ4n) is 4.36. The Labute approximate surface area is 247 Å². The summed E-state index contributed by atoms with van der Waals surface area (Å²) in [5.41, 5.74) is 8.80. The summed E-state index contributed by atoms with van der Waals surface area (Å²) in [6.07, 6.45) is 1.09. The Balaban J connectivity index is 1.61. The number of urea groups is 1. The molecule has 0 bridgehead atoms. The predicted octanol–water partition coefficient (Wildman–Crippen LogP) is 4.82. The van der Waals surface area contributed by atoms with Gasteiger partial charge in [-0.1, -0.05) is 41.1 Å². The molecule has 1 aliphatic rings. The van der Waals surface area contributed by atoms with Crippen LogP contribution >= 0.6 is 22.9 Å². The van der Waals surface area contributed by atoms with Crippen LogP contribution in [0.5, 0.6) is 0 Å². The number of aliphatic imine (C=N–C) groups is 1. The van der Waals surface area contributed by atoms with Gasteiger partial charge in [-0.2, -0.15) is 0 Å². The van der Waals surface area contributed by atoms with Crippen molar-refractivity contribution in [1.82, 2.24) is 19.8 Å². The van der Waals surface area contributed by atoms with E-state index in [1.54, 1.807) is 40.1 Å². The van der Waals surface area contributed by atoms with Gasteiger partial charge in [-0.3, -0.25) is 20.0 Å². The maximum Gasteiger partial charge on any atom is 0.411 e. The van der Waals surface area contributed by atoms with Crippen molar-refractivity contribution in [1.29, 1.82) is 0 Å². The fourth-order valence-corrected chi connectivity index (χ4v) is 5.58. The zero-order chi connectivity index (χ0) is 29.9. The third-order valence-electron chi connectivity index (χ3n) is 6.09. The van der Waals surface area contributed by atoms with E-state index in [9.17, 15) is 14.4 Å². The lowest BCUT2D eigenvalue weighted by Gasteiger charge is -2.39. The number of piperazine rings is 1. The van der Waals surface area contributed by atoms with E-state index in [1.807, 2.05) is 37.3 Å². The summed E-state index contributed by atoms with van der Waals surface area (Å²) in [6, 6.07) is 9.89. The van der Waals surface area contributed by atoms with E-state index in [4.69, 9.17) is 27.1 Å². The molecular weight excluding hydrogens is 566 g/mol. The number of aromatic nitrogens is 2. The van der Waals surface area contributed by atoms with Crippen molar-refractivity contribution >= 4 is 52.3 Å². The van der Waals surface area contributed by atoms with Crippen LogP contribution in [0.4, 0.5) is 14.7 Å². The number of halogens is 1. The molecule has 0 spiro atoms. The normalized spacial score (nSPS) is 15.7. The zero-order valence-electron chi connectivity index (χ0n) is 23.5. The van der Waals surface area contributed by atoms with E-state index >= 15 is 0 Å². The molecule has 1 atom stereocenters. The fraction of sp³-hybridized carbons (Fsp3) is 0.357. The number of aryl methyl sites for hydroxylation is 1. The summed E-state index contributed by atoms with van der Waals surface area (Å²) < 4.78 is 5.42. The van der Waals surface area contributed by atoms with Gasteiger partial charge in [0, 0.05) is 37.6 Å². The number of hydrogen-bond acceptors (Lipinski definition) is 8. The first kappa shape index (κ1) is 29.9. The monoisotopic (exact) mass is 597 g/mol. The van der Waals surface area contributed by atoms with Crippen LogP contribution in [0.25, 0.3) is 21.7 Å². The van der Waals surface area contributed by atoms with Crippen molar-refractivity contribution in [3.05, 3.63) is 52.8 Å². The number of nitrogens with zero attached hydrogens (tertiary/aromatic N) is 5. The molecule has 1 aromatic carbocycles. The summed E-state index contributed by atoms with van der Waals surface area (Å²) in [5, 5.41) is 3.55. The number of pyridine rings is 1. The zero-order valence-corrected chi connectivity index (χ0v) is 25.0. The van der Waals surface area contributed by atoms with Gasteiger partial charge >= 0.3 is 12.1 Å². The highest BCUT2D eigenvalue weighted by molar-refractivity contribution is 7.19. The van der Waals surface area contributed by atoms with Crippen LogP contribution in [-0.4, -0.2) is 82.3 Å². The largest absolute Gasteiger partial charge is 0.444 e. The van der Waals surface area contributed by atoms with Crippen molar-refractivity contribution in [2.45, 2.75) is 39.3 Å². The van der Waals surface area contributed by atoms with E-state index < -0.39 is 29.7 Å². The van der Waals surface area contributed by atoms with Crippen LogP contribution in [-0.2, 0) is 9.53 Å². The standard InChI is InChI=1S/C28H32ClN7O4S/c1-16-11-19(13-21(29)32-16)23-22(18-8-6-7-17(12-18)14-31-5)33-25(41-23)34-26(38)35-9-10-36(20(15-35)24(30)37)27(39)40-28(2,3)4/h6-8,11-14,20H,9-10,15H2,1-5H3,(H2,30,37)(H,33,34,38)/t20-/m1/s1. The molecule has 3 aromatic rings. The van der Waals surface area contributed by atoms with Gasteiger partial charge in [0.2, 0.25) is 5.91 Å². The Hall–Kier alpha value is -4.03. The van der Waals surface area contributed by atoms with Crippen LogP contribution in [0.15, 0.2) is 41.4 Å². The molecule has 4 rings (SSSR count). The molecule has 0 aliphatic carbocycles. The third kappa shape index (κ3) is 7.39. The van der Waals surface area contributed by atoms with E-state index in [0.29, 0.717) is 16.0 Å². The summed E-state index contributed by atoms with van der Waals surface area (Å²) in [4.78, 5) is 54.8. The Morgan fingerprint density at radius 3 is 2.59 bits per heavy atom. The second-order valence-electron chi connectivity index (χ2n) is 10.5. The second-order valence-corrected chi connectivity index (χ2v) is 11.9. The van der Waals surface area contributed by atoms with E-state index in [1.165, 1.54) is 21.1 Å². The number of rotatable bonds is 5. The number of anilines is 1. The number of ether oxygens (including phenoxy) is 1. The summed E-state index contributed by atoms with van der Waals surface area (Å²) in [6.45, 7) is 7.24. The highest BCUT2D eigenvalue weighted by Crippen LogP contribution is 2.40. The highest BCUT2D eigenvalue weighted by atomic mass is 35.5. The van der Waals surface area contributed by atoms with Crippen molar-refractivity contribution in [2.75, 3.05) is 32.0 Å². The topological polar surface area (TPSA) is 143 Å². The van der Waals surface area contributed by atoms with E-state index in [-0.39, 0.29) is 19.6 Å². The van der Waals surface area contributed by atoms with E-state index in [0.717, 1.165) is 27.3 Å².